The number of carbonyl (C=O) groups excluding carboxylic acids is 2. The van der Waals surface area contributed by atoms with Crippen LogP contribution in [0.1, 0.15) is 41.9 Å². The first kappa shape index (κ1) is 18.6. The molecule has 4 rings (SSSR count). The Morgan fingerprint density at radius 1 is 1.19 bits per heavy atom. The van der Waals surface area contributed by atoms with Crippen LogP contribution in [0.25, 0.3) is 0 Å². The number of anilines is 1. The number of fused-ring (bicyclic) bond motifs is 2. The molecule has 7 heteroatoms. The van der Waals surface area contributed by atoms with Gasteiger partial charge in [-0.05, 0) is 44.1 Å². The SMILES string of the molecule is CCOC(=O)c1cc(CC)sc1NC(=O)[C@@H]1[C@@H](C(=O)O)[C@H]2C=C[C@@H]1CC2. The lowest BCUT2D eigenvalue weighted by molar-refractivity contribution is -0.151. The number of esters is 1. The summed E-state index contributed by atoms with van der Waals surface area (Å²) < 4.78 is 5.07. The average molecular weight is 377 g/mol. The van der Waals surface area contributed by atoms with Gasteiger partial charge in [-0.1, -0.05) is 19.1 Å². The van der Waals surface area contributed by atoms with Crippen molar-refractivity contribution in [3.05, 3.63) is 28.7 Å². The van der Waals surface area contributed by atoms with Gasteiger partial charge in [0.25, 0.3) is 0 Å². The Bertz CT molecular complexity index is 753. The van der Waals surface area contributed by atoms with E-state index in [0.717, 1.165) is 24.1 Å². The van der Waals surface area contributed by atoms with Crippen LogP contribution in [0.15, 0.2) is 18.2 Å². The first-order valence-electron chi connectivity index (χ1n) is 8.98. The van der Waals surface area contributed by atoms with Crippen LogP contribution in [-0.2, 0) is 20.7 Å². The van der Waals surface area contributed by atoms with E-state index in [1.54, 1.807) is 13.0 Å². The summed E-state index contributed by atoms with van der Waals surface area (Å²) in [6.07, 6.45) is 6.26. The monoisotopic (exact) mass is 377 g/mol. The molecule has 0 spiro atoms. The zero-order valence-electron chi connectivity index (χ0n) is 14.9. The molecule has 1 amide bonds. The topological polar surface area (TPSA) is 92.7 Å². The zero-order valence-corrected chi connectivity index (χ0v) is 15.7. The Labute approximate surface area is 156 Å². The van der Waals surface area contributed by atoms with E-state index in [9.17, 15) is 19.5 Å². The fraction of sp³-hybridized carbons (Fsp3) is 0.526. The number of thiophene rings is 1. The van der Waals surface area contributed by atoms with E-state index in [4.69, 9.17) is 4.74 Å². The van der Waals surface area contributed by atoms with Crippen molar-refractivity contribution in [2.75, 3.05) is 11.9 Å². The number of aryl methyl sites for hydroxylation is 1. The molecule has 1 fully saturated rings. The van der Waals surface area contributed by atoms with E-state index >= 15 is 0 Å². The quantitative estimate of drug-likeness (QED) is 0.586. The predicted molar refractivity (Wildman–Crippen MR) is 98.3 cm³/mol. The number of allylic oxidation sites excluding steroid dienone is 2. The molecule has 6 nitrogen and oxygen atoms in total. The molecule has 3 aliphatic carbocycles. The van der Waals surface area contributed by atoms with Crippen molar-refractivity contribution < 1.29 is 24.2 Å². The van der Waals surface area contributed by atoms with Gasteiger partial charge in [0.05, 0.1) is 24.0 Å². The van der Waals surface area contributed by atoms with Crippen molar-refractivity contribution in [3.8, 4) is 0 Å². The molecule has 0 saturated heterocycles. The zero-order chi connectivity index (χ0) is 18.8. The van der Waals surface area contributed by atoms with Crippen LogP contribution in [0.2, 0.25) is 0 Å². The summed E-state index contributed by atoms with van der Waals surface area (Å²) in [5, 5.41) is 12.9. The van der Waals surface area contributed by atoms with Gasteiger partial charge in [0.2, 0.25) is 5.91 Å². The van der Waals surface area contributed by atoms with Gasteiger partial charge in [-0.3, -0.25) is 9.59 Å². The molecule has 1 aromatic heterocycles. The Kier molecular flexibility index (Phi) is 5.46. The van der Waals surface area contributed by atoms with E-state index in [-0.39, 0.29) is 24.3 Å². The van der Waals surface area contributed by atoms with Crippen LogP contribution in [-0.4, -0.2) is 29.6 Å². The lowest BCUT2D eigenvalue weighted by Crippen LogP contribution is -2.47. The number of hydrogen-bond donors (Lipinski definition) is 2. The van der Waals surface area contributed by atoms with Crippen LogP contribution in [0, 0.1) is 23.7 Å². The largest absolute Gasteiger partial charge is 0.481 e. The van der Waals surface area contributed by atoms with Gasteiger partial charge in [0.1, 0.15) is 5.00 Å². The van der Waals surface area contributed by atoms with E-state index in [1.165, 1.54) is 11.3 Å². The lowest BCUT2D eigenvalue weighted by Gasteiger charge is -2.41. The van der Waals surface area contributed by atoms with Gasteiger partial charge >= 0.3 is 11.9 Å². The highest BCUT2D eigenvalue weighted by molar-refractivity contribution is 7.16. The second kappa shape index (κ2) is 7.61. The predicted octanol–water partition coefficient (Wildman–Crippen LogP) is 3.34. The molecular weight excluding hydrogens is 354 g/mol. The summed E-state index contributed by atoms with van der Waals surface area (Å²) in [4.78, 5) is 37.8. The fourth-order valence-corrected chi connectivity index (χ4v) is 4.94. The molecule has 3 aliphatic rings. The van der Waals surface area contributed by atoms with Gasteiger partial charge in [-0.15, -0.1) is 11.3 Å². The molecule has 0 aliphatic heterocycles. The number of amides is 1. The number of carboxylic acid groups (broad SMARTS) is 1. The molecule has 1 heterocycles. The summed E-state index contributed by atoms with van der Waals surface area (Å²) in [6.45, 7) is 3.95. The molecule has 1 saturated carbocycles. The maximum absolute atomic E-state index is 12.9. The van der Waals surface area contributed by atoms with Crippen LogP contribution in [0.5, 0.6) is 0 Å². The number of rotatable bonds is 6. The van der Waals surface area contributed by atoms with Gasteiger partial charge in [-0.25, -0.2) is 4.79 Å². The number of nitrogens with one attached hydrogen (secondary N) is 1. The lowest BCUT2D eigenvalue weighted by atomic mass is 9.62. The summed E-state index contributed by atoms with van der Waals surface area (Å²) in [5.74, 6) is -3.24. The first-order valence-corrected chi connectivity index (χ1v) is 9.79. The molecule has 0 radical (unpaired) electrons. The highest BCUT2D eigenvalue weighted by Gasteiger charge is 2.48. The number of carbonyl (C=O) groups is 3. The highest BCUT2D eigenvalue weighted by Crippen LogP contribution is 2.45. The smallest absolute Gasteiger partial charge is 0.341 e. The number of hydrogen-bond acceptors (Lipinski definition) is 5. The minimum absolute atomic E-state index is 0.0715. The summed E-state index contributed by atoms with van der Waals surface area (Å²) in [7, 11) is 0. The Hall–Kier alpha value is -2.15. The molecule has 4 atom stereocenters. The van der Waals surface area contributed by atoms with Crippen molar-refractivity contribution in [2.24, 2.45) is 23.7 Å². The van der Waals surface area contributed by atoms with Crippen molar-refractivity contribution >= 4 is 34.2 Å². The van der Waals surface area contributed by atoms with Crippen molar-refractivity contribution in [1.82, 2.24) is 0 Å². The Morgan fingerprint density at radius 2 is 1.85 bits per heavy atom. The summed E-state index contributed by atoms with van der Waals surface area (Å²) in [6, 6.07) is 1.74. The standard InChI is InChI=1S/C19H23NO5S/c1-3-12-9-13(19(24)25-4-2)17(26-12)20-16(21)14-10-5-7-11(8-6-10)15(14)18(22)23/h5,7,9-11,14-15H,3-4,6,8H2,1-2H3,(H,20,21)(H,22,23)/t10-,11+,14+,15+/m1/s1. The molecule has 26 heavy (non-hydrogen) atoms. The minimum atomic E-state index is -0.935. The number of ether oxygens (including phenoxy) is 1. The second-order valence-electron chi connectivity index (χ2n) is 6.70. The Morgan fingerprint density at radius 3 is 2.38 bits per heavy atom. The van der Waals surface area contributed by atoms with E-state index in [1.807, 2.05) is 19.1 Å². The molecule has 1 aromatic rings. The summed E-state index contributed by atoms with van der Waals surface area (Å²) in [5.41, 5.74) is 0.338. The molecule has 0 unspecified atom stereocenters. The third-order valence-electron chi connectivity index (χ3n) is 5.20. The van der Waals surface area contributed by atoms with Crippen LogP contribution < -0.4 is 5.32 Å². The van der Waals surface area contributed by atoms with E-state index in [0.29, 0.717) is 10.6 Å². The molecule has 140 valence electrons. The summed E-state index contributed by atoms with van der Waals surface area (Å²) >= 11 is 1.34. The van der Waals surface area contributed by atoms with Gasteiger partial charge in [-0.2, -0.15) is 0 Å². The van der Waals surface area contributed by atoms with Crippen LogP contribution in [0.4, 0.5) is 5.00 Å². The second-order valence-corrected chi connectivity index (χ2v) is 7.84. The fourth-order valence-electron chi connectivity index (χ4n) is 3.95. The third kappa shape index (κ3) is 3.40. The van der Waals surface area contributed by atoms with E-state index in [2.05, 4.69) is 5.32 Å². The van der Waals surface area contributed by atoms with Crippen molar-refractivity contribution in [3.63, 3.8) is 0 Å². The molecule has 2 N–H and O–H groups in total. The average Bonchev–Trinajstić information content (AvgIpc) is 3.05. The van der Waals surface area contributed by atoms with E-state index < -0.39 is 23.8 Å². The molecule has 0 aromatic carbocycles. The van der Waals surface area contributed by atoms with Gasteiger partial charge in [0.15, 0.2) is 0 Å². The van der Waals surface area contributed by atoms with Gasteiger partial charge in [0, 0.05) is 4.88 Å². The Balaban J connectivity index is 1.85. The maximum Gasteiger partial charge on any atom is 0.341 e. The highest BCUT2D eigenvalue weighted by atomic mass is 32.1. The van der Waals surface area contributed by atoms with Crippen LogP contribution in [0.3, 0.4) is 0 Å². The maximum atomic E-state index is 12.9. The first-order chi connectivity index (χ1) is 12.5. The van der Waals surface area contributed by atoms with Crippen molar-refractivity contribution in [1.29, 1.82) is 0 Å². The number of aliphatic carboxylic acids is 1. The minimum Gasteiger partial charge on any atom is -0.481 e. The molecular formula is C19H23NO5S. The number of carboxylic acids is 1. The molecule has 2 bridgehead atoms. The van der Waals surface area contributed by atoms with Crippen molar-refractivity contribution in [2.45, 2.75) is 33.1 Å². The third-order valence-corrected chi connectivity index (χ3v) is 6.39. The van der Waals surface area contributed by atoms with Gasteiger partial charge < -0.3 is 15.2 Å². The normalized spacial score (nSPS) is 26.5. The van der Waals surface area contributed by atoms with Crippen LogP contribution >= 0.6 is 11.3 Å².